The molecule has 2 aliphatic heterocycles. The Morgan fingerprint density at radius 3 is 2.70 bits per heavy atom. The van der Waals surface area contributed by atoms with Gasteiger partial charge in [-0.25, -0.2) is 4.98 Å². The van der Waals surface area contributed by atoms with E-state index >= 15 is 0 Å². The lowest BCUT2D eigenvalue weighted by atomic mass is 10.1. The molecule has 0 N–H and O–H groups in total. The van der Waals surface area contributed by atoms with Gasteiger partial charge in [0.2, 0.25) is 6.29 Å². The summed E-state index contributed by atoms with van der Waals surface area (Å²) >= 11 is 1.74. The van der Waals surface area contributed by atoms with Gasteiger partial charge in [-0.3, -0.25) is 4.90 Å². The second-order valence-electron chi connectivity index (χ2n) is 6.12. The first kappa shape index (κ1) is 14.8. The van der Waals surface area contributed by atoms with E-state index in [4.69, 9.17) is 9.47 Å². The first-order chi connectivity index (χ1) is 11.2. The molecule has 0 aliphatic carbocycles. The van der Waals surface area contributed by atoms with E-state index in [-0.39, 0.29) is 6.29 Å². The molecule has 0 saturated carbocycles. The van der Waals surface area contributed by atoms with Crippen molar-refractivity contribution in [2.75, 3.05) is 31.1 Å². The number of hydrogen-bond acceptors (Lipinski definition) is 6. The number of hydrogen-bond donors (Lipinski definition) is 0. The molecule has 2 aromatic rings. The number of fused-ring (bicyclic) bond motifs is 1. The van der Waals surface area contributed by atoms with Crippen molar-refractivity contribution in [3.8, 4) is 11.5 Å². The van der Waals surface area contributed by atoms with Crippen molar-refractivity contribution in [2.24, 2.45) is 0 Å². The van der Waals surface area contributed by atoms with Gasteiger partial charge in [0, 0.05) is 45.0 Å². The summed E-state index contributed by atoms with van der Waals surface area (Å²) in [6, 6.07) is 6.26. The van der Waals surface area contributed by atoms with E-state index in [9.17, 15) is 0 Å². The molecule has 6 heteroatoms. The molecule has 5 nitrogen and oxygen atoms in total. The fourth-order valence-corrected chi connectivity index (χ4v) is 3.92. The number of aryl methyl sites for hydroxylation is 1. The maximum absolute atomic E-state index is 5.66. The lowest BCUT2D eigenvalue weighted by molar-refractivity contribution is 0.0678. The van der Waals surface area contributed by atoms with Crippen LogP contribution in [0.1, 0.15) is 18.2 Å². The molecule has 1 aromatic heterocycles. The molecule has 1 saturated heterocycles. The van der Waals surface area contributed by atoms with Gasteiger partial charge in [-0.2, -0.15) is 0 Å². The molecule has 3 heterocycles. The average Bonchev–Trinajstić information content (AvgIpc) is 3.12. The fraction of sp³-hybridized carbons (Fsp3) is 0.471. The SMILES string of the molecule is Cc1csc(N2CCN(Cc3ccc4c(c3)OC(C)O4)CC2)n1. The van der Waals surface area contributed by atoms with Crippen LogP contribution in [0.4, 0.5) is 5.13 Å². The Bertz CT molecular complexity index is 695. The summed E-state index contributed by atoms with van der Waals surface area (Å²) in [6.45, 7) is 9.11. The number of nitrogens with zero attached hydrogens (tertiary/aromatic N) is 3. The van der Waals surface area contributed by atoms with Crippen molar-refractivity contribution in [3.05, 3.63) is 34.8 Å². The number of piperazine rings is 1. The highest BCUT2D eigenvalue weighted by Gasteiger charge is 2.22. The van der Waals surface area contributed by atoms with E-state index < -0.39 is 0 Å². The van der Waals surface area contributed by atoms with Crippen molar-refractivity contribution in [2.45, 2.75) is 26.7 Å². The highest BCUT2D eigenvalue weighted by Crippen LogP contribution is 2.35. The summed E-state index contributed by atoms with van der Waals surface area (Å²) in [5, 5.41) is 3.27. The van der Waals surface area contributed by atoms with E-state index in [0.29, 0.717) is 0 Å². The van der Waals surface area contributed by atoms with E-state index in [2.05, 4.69) is 39.2 Å². The number of rotatable bonds is 3. The third-order valence-electron chi connectivity index (χ3n) is 4.25. The molecule has 122 valence electrons. The molecule has 0 radical (unpaired) electrons. The predicted molar refractivity (Wildman–Crippen MR) is 91.5 cm³/mol. The Hall–Kier alpha value is -1.79. The highest BCUT2D eigenvalue weighted by atomic mass is 32.1. The number of ether oxygens (including phenoxy) is 2. The Kier molecular flexibility index (Phi) is 3.87. The molecule has 1 aromatic carbocycles. The third-order valence-corrected chi connectivity index (χ3v) is 5.27. The van der Waals surface area contributed by atoms with Gasteiger partial charge in [0.1, 0.15) is 0 Å². The molecule has 0 spiro atoms. The summed E-state index contributed by atoms with van der Waals surface area (Å²) in [7, 11) is 0. The summed E-state index contributed by atoms with van der Waals surface area (Å²) < 4.78 is 11.2. The normalized spacial score (nSPS) is 21.0. The highest BCUT2D eigenvalue weighted by molar-refractivity contribution is 7.13. The zero-order valence-electron chi connectivity index (χ0n) is 13.5. The Morgan fingerprint density at radius 1 is 1.17 bits per heavy atom. The number of benzene rings is 1. The Morgan fingerprint density at radius 2 is 1.96 bits per heavy atom. The molecule has 2 aliphatic rings. The van der Waals surface area contributed by atoms with Gasteiger partial charge >= 0.3 is 0 Å². The van der Waals surface area contributed by atoms with E-state index in [1.165, 1.54) is 5.56 Å². The lowest BCUT2D eigenvalue weighted by Gasteiger charge is -2.34. The zero-order valence-corrected chi connectivity index (χ0v) is 14.3. The average molecular weight is 331 g/mol. The summed E-state index contributed by atoms with van der Waals surface area (Å²) in [6.07, 6.45) is -0.175. The molecular weight excluding hydrogens is 310 g/mol. The minimum Gasteiger partial charge on any atom is -0.451 e. The standard InChI is InChI=1S/C17H21N3O2S/c1-12-11-23-17(18-12)20-7-5-19(6-8-20)10-14-3-4-15-16(9-14)22-13(2)21-15/h3-4,9,11,13H,5-8,10H2,1-2H3. The van der Waals surface area contributed by atoms with Crippen molar-refractivity contribution in [3.63, 3.8) is 0 Å². The van der Waals surface area contributed by atoms with Crippen LogP contribution in [0.3, 0.4) is 0 Å². The maximum Gasteiger partial charge on any atom is 0.238 e. The molecular formula is C17H21N3O2S. The van der Waals surface area contributed by atoms with Gasteiger partial charge in [-0.15, -0.1) is 11.3 Å². The van der Waals surface area contributed by atoms with E-state index in [1.807, 2.05) is 13.0 Å². The summed E-state index contributed by atoms with van der Waals surface area (Å²) in [4.78, 5) is 9.45. The van der Waals surface area contributed by atoms with Crippen molar-refractivity contribution >= 4 is 16.5 Å². The fourth-order valence-electron chi connectivity index (χ4n) is 3.06. The molecule has 23 heavy (non-hydrogen) atoms. The van der Waals surface area contributed by atoms with Crippen LogP contribution in [0.15, 0.2) is 23.6 Å². The second-order valence-corrected chi connectivity index (χ2v) is 6.96. The predicted octanol–water partition coefficient (Wildman–Crippen LogP) is 2.89. The number of aromatic nitrogens is 1. The van der Waals surface area contributed by atoms with Crippen LogP contribution in [0.25, 0.3) is 0 Å². The van der Waals surface area contributed by atoms with Crippen molar-refractivity contribution in [1.82, 2.24) is 9.88 Å². The van der Waals surface area contributed by atoms with Crippen LogP contribution < -0.4 is 14.4 Å². The van der Waals surface area contributed by atoms with E-state index in [0.717, 1.165) is 55.0 Å². The largest absolute Gasteiger partial charge is 0.451 e. The molecule has 4 rings (SSSR count). The monoisotopic (exact) mass is 331 g/mol. The van der Waals surface area contributed by atoms with Crippen molar-refractivity contribution < 1.29 is 9.47 Å². The van der Waals surface area contributed by atoms with E-state index in [1.54, 1.807) is 11.3 Å². The van der Waals surface area contributed by atoms with Crippen LogP contribution in [-0.4, -0.2) is 42.4 Å². The quantitative estimate of drug-likeness (QED) is 0.864. The minimum atomic E-state index is -0.175. The van der Waals surface area contributed by atoms with Crippen LogP contribution in [0.2, 0.25) is 0 Å². The summed E-state index contributed by atoms with van der Waals surface area (Å²) in [5.41, 5.74) is 2.39. The first-order valence-electron chi connectivity index (χ1n) is 8.03. The van der Waals surface area contributed by atoms with Crippen LogP contribution in [0.5, 0.6) is 11.5 Å². The van der Waals surface area contributed by atoms with Crippen molar-refractivity contribution in [1.29, 1.82) is 0 Å². The smallest absolute Gasteiger partial charge is 0.238 e. The molecule has 1 atom stereocenters. The van der Waals surface area contributed by atoms with Gasteiger partial charge < -0.3 is 14.4 Å². The first-order valence-corrected chi connectivity index (χ1v) is 8.91. The van der Waals surface area contributed by atoms with Gasteiger partial charge in [0.05, 0.1) is 5.69 Å². The zero-order chi connectivity index (χ0) is 15.8. The molecule has 0 amide bonds. The van der Waals surface area contributed by atoms with Gasteiger partial charge in [0.15, 0.2) is 16.6 Å². The molecule has 0 bridgehead atoms. The lowest BCUT2D eigenvalue weighted by Crippen LogP contribution is -2.45. The van der Waals surface area contributed by atoms with Crippen LogP contribution in [-0.2, 0) is 6.54 Å². The third kappa shape index (κ3) is 3.14. The van der Waals surface area contributed by atoms with Crippen LogP contribution >= 0.6 is 11.3 Å². The summed E-state index contributed by atoms with van der Waals surface area (Å²) in [5.74, 6) is 1.72. The minimum absolute atomic E-state index is 0.175. The van der Waals surface area contributed by atoms with Gasteiger partial charge in [0.25, 0.3) is 0 Å². The van der Waals surface area contributed by atoms with Gasteiger partial charge in [-0.1, -0.05) is 6.07 Å². The van der Waals surface area contributed by atoms with Gasteiger partial charge in [-0.05, 0) is 24.6 Å². The molecule has 1 fully saturated rings. The van der Waals surface area contributed by atoms with Crippen LogP contribution in [0, 0.1) is 6.92 Å². The Labute approximate surface area is 140 Å². The number of thiazole rings is 1. The maximum atomic E-state index is 5.66. The topological polar surface area (TPSA) is 37.8 Å². The molecule has 1 unspecified atom stereocenters. The second kappa shape index (κ2) is 6.02. The Balaban J connectivity index is 1.35. The number of anilines is 1.